The zero-order valence-corrected chi connectivity index (χ0v) is 16.5. The first kappa shape index (κ1) is 18.7. The molecule has 0 spiro atoms. The lowest BCUT2D eigenvalue weighted by molar-refractivity contribution is -1.000. The summed E-state index contributed by atoms with van der Waals surface area (Å²) >= 11 is 0. The van der Waals surface area contributed by atoms with Crippen LogP contribution in [0, 0.1) is 0 Å². The first-order valence-electron chi connectivity index (χ1n) is 9.86. The molecule has 1 amide bonds. The van der Waals surface area contributed by atoms with Gasteiger partial charge in [0.05, 0.1) is 26.1 Å². The number of methoxy groups -OCH3 is 1. The Hall–Kier alpha value is -2.64. The standard InChI is InChI=1S/C21H26N4O3/c1-23-9-11-24(12-10-23)15-21(26)25-19(20-4-3-13-28-20)14-18(22-25)16-5-7-17(27-2)8-6-16/h3-8,13,19H,9-12,14-15H2,1-2H3/p+2/t19-/m0/s1. The predicted molar refractivity (Wildman–Crippen MR) is 105 cm³/mol. The lowest BCUT2D eigenvalue weighted by Crippen LogP contribution is -3.27. The number of hydrogen-bond acceptors (Lipinski definition) is 4. The second kappa shape index (κ2) is 8.16. The number of carbonyl (C=O) groups excluding carboxylic acids is 1. The van der Waals surface area contributed by atoms with Crippen LogP contribution >= 0.6 is 0 Å². The van der Waals surface area contributed by atoms with E-state index in [1.54, 1.807) is 18.4 Å². The molecule has 1 fully saturated rings. The van der Waals surface area contributed by atoms with Gasteiger partial charge in [-0.25, -0.2) is 5.01 Å². The van der Waals surface area contributed by atoms with Gasteiger partial charge in [-0.15, -0.1) is 0 Å². The Labute approximate surface area is 165 Å². The molecule has 0 radical (unpaired) electrons. The summed E-state index contributed by atoms with van der Waals surface area (Å²) in [6.07, 6.45) is 2.30. The Morgan fingerprint density at radius 1 is 1.21 bits per heavy atom. The number of furan rings is 1. The normalized spacial score (nSPS) is 24.9. The highest BCUT2D eigenvalue weighted by atomic mass is 16.5. The molecule has 28 heavy (non-hydrogen) atoms. The van der Waals surface area contributed by atoms with Crippen LogP contribution in [0.4, 0.5) is 0 Å². The van der Waals surface area contributed by atoms with Gasteiger partial charge in [0.15, 0.2) is 6.54 Å². The highest BCUT2D eigenvalue weighted by molar-refractivity contribution is 6.03. The number of ether oxygens (including phenoxy) is 1. The molecule has 1 aromatic carbocycles. The molecule has 1 atom stereocenters. The van der Waals surface area contributed by atoms with E-state index in [2.05, 4.69) is 7.05 Å². The molecule has 4 rings (SSSR count). The summed E-state index contributed by atoms with van der Waals surface area (Å²) in [5.74, 6) is 1.64. The summed E-state index contributed by atoms with van der Waals surface area (Å²) in [7, 11) is 3.86. The molecule has 0 unspecified atom stereocenters. The van der Waals surface area contributed by atoms with Crippen LogP contribution in [0.3, 0.4) is 0 Å². The average molecular weight is 384 g/mol. The summed E-state index contributed by atoms with van der Waals surface area (Å²) < 4.78 is 10.9. The van der Waals surface area contributed by atoms with Crippen LogP contribution in [0.2, 0.25) is 0 Å². The molecule has 7 nitrogen and oxygen atoms in total. The number of nitrogens with zero attached hydrogens (tertiary/aromatic N) is 2. The lowest BCUT2D eigenvalue weighted by atomic mass is 10.0. The molecular weight excluding hydrogens is 356 g/mol. The van der Waals surface area contributed by atoms with Gasteiger partial charge in [0.25, 0.3) is 5.91 Å². The molecule has 0 bridgehead atoms. The van der Waals surface area contributed by atoms with Crippen molar-refractivity contribution in [2.24, 2.45) is 5.10 Å². The number of rotatable bonds is 5. The molecule has 0 aliphatic carbocycles. The molecule has 7 heteroatoms. The molecular formula is C21H28N4O3+2. The quantitative estimate of drug-likeness (QED) is 0.722. The van der Waals surface area contributed by atoms with Gasteiger partial charge < -0.3 is 19.0 Å². The Balaban J connectivity index is 1.53. The van der Waals surface area contributed by atoms with Gasteiger partial charge in [0, 0.05) is 6.42 Å². The number of carbonyl (C=O) groups is 1. The zero-order chi connectivity index (χ0) is 19.5. The minimum Gasteiger partial charge on any atom is -0.497 e. The van der Waals surface area contributed by atoms with Gasteiger partial charge in [-0.05, 0) is 42.0 Å². The lowest BCUT2D eigenvalue weighted by Gasteiger charge is -2.28. The van der Waals surface area contributed by atoms with Crippen LogP contribution in [0.15, 0.2) is 52.2 Å². The number of piperazine rings is 1. The molecule has 3 heterocycles. The molecule has 2 aromatic rings. The van der Waals surface area contributed by atoms with E-state index in [0.29, 0.717) is 13.0 Å². The first-order valence-corrected chi connectivity index (χ1v) is 9.86. The number of hydrazone groups is 1. The fraction of sp³-hybridized carbons (Fsp3) is 0.429. The number of likely N-dealkylation sites (N-methyl/N-ethyl adjacent to an activating group) is 1. The minimum atomic E-state index is -0.183. The van der Waals surface area contributed by atoms with Crippen LogP contribution < -0.4 is 14.5 Å². The van der Waals surface area contributed by atoms with E-state index in [1.165, 1.54) is 9.80 Å². The number of amides is 1. The van der Waals surface area contributed by atoms with Crippen molar-refractivity contribution in [3.63, 3.8) is 0 Å². The third-order valence-electron chi connectivity index (χ3n) is 5.67. The Morgan fingerprint density at radius 3 is 2.61 bits per heavy atom. The maximum absolute atomic E-state index is 13.1. The molecule has 1 saturated heterocycles. The number of hydrogen-bond donors (Lipinski definition) is 2. The average Bonchev–Trinajstić information content (AvgIpc) is 3.39. The van der Waals surface area contributed by atoms with Crippen LogP contribution in [-0.2, 0) is 4.79 Å². The van der Waals surface area contributed by atoms with Crippen molar-refractivity contribution >= 4 is 11.6 Å². The fourth-order valence-electron chi connectivity index (χ4n) is 3.90. The van der Waals surface area contributed by atoms with Crippen LogP contribution in [0.5, 0.6) is 5.75 Å². The second-order valence-electron chi connectivity index (χ2n) is 7.63. The first-order chi connectivity index (χ1) is 13.6. The molecule has 0 saturated carbocycles. The van der Waals surface area contributed by atoms with Gasteiger partial charge in [0.2, 0.25) is 0 Å². The van der Waals surface area contributed by atoms with E-state index < -0.39 is 0 Å². The zero-order valence-electron chi connectivity index (χ0n) is 16.5. The van der Waals surface area contributed by atoms with Gasteiger partial charge in [-0.2, -0.15) is 5.10 Å². The van der Waals surface area contributed by atoms with E-state index in [1.807, 2.05) is 36.4 Å². The van der Waals surface area contributed by atoms with E-state index in [4.69, 9.17) is 14.3 Å². The fourth-order valence-corrected chi connectivity index (χ4v) is 3.90. The number of benzene rings is 1. The van der Waals surface area contributed by atoms with Crippen molar-refractivity contribution in [3.05, 3.63) is 54.0 Å². The van der Waals surface area contributed by atoms with Crippen molar-refractivity contribution in [2.45, 2.75) is 12.5 Å². The Kier molecular flexibility index (Phi) is 5.45. The summed E-state index contributed by atoms with van der Waals surface area (Å²) in [4.78, 5) is 16.0. The summed E-state index contributed by atoms with van der Waals surface area (Å²) in [6, 6.07) is 11.4. The van der Waals surface area contributed by atoms with Crippen molar-refractivity contribution < 1.29 is 23.7 Å². The van der Waals surface area contributed by atoms with Crippen LogP contribution in [-0.4, -0.2) is 63.5 Å². The van der Waals surface area contributed by atoms with Gasteiger partial charge in [-0.3, -0.25) is 4.79 Å². The third kappa shape index (κ3) is 3.95. The second-order valence-corrected chi connectivity index (χ2v) is 7.63. The summed E-state index contributed by atoms with van der Waals surface area (Å²) in [5.41, 5.74) is 1.90. The highest BCUT2D eigenvalue weighted by Gasteiger charge is 2.36. The van der Waals surface area contributed by atoms with E-state index in [9.17, 15) is 4.79 Å². The van der Waals surface area contributed by atoms with Crippen LogP contribution in [0.1, 0.15) is 23.8 Å². The SMILES string of the molecule is COc1ccc(C2=NN(C(=O)C[NH+]3CC[NH+](C)CC3)[C@H](c3ccco3)C2)cc1. The van der Waals surface area contributed by atoms with E-state index in [0.717, 1.165) is 49.0 Å². The monoisotopic (exact) mass is 384 g/mol. The number of nitrogens with one attached hydrogen (secondary N) is 2. The van der Waals surface area contributed by atoms with E-state index in [-0.39, 0.29) is 11.9 Å². The predicted octanol–water partition coefficient (Wildman–Crippen LogP) is -0.621. The smallest absolute Gasteiger partial charge is 0.298 e. The summed E-state index contributed by atoms with van der Waals surface area (Å²) in [5, 5.41) is 6.35. The molecule has 2 aliphatic rings. The molecule has 1 aromatic heterocycles. The van der Waals surface area contributed by atoms with Crippen molar-refractivity contribution in [3.8, 4) is 5.75 Å². The van der Waals surface area contributed by atoms with Gasteiger partial charge >= 0.3 is 0 Å². The maximum Gasteiger partial charge on any atom is 0.298 e. The van der Waals surface area contributed by atoms with E-state index >= 15 is 0 Å². The Morgan fingerprint density at radius 2 is 1.96 bits per heavy atom. The summed E-state index contributed by atoms with van der Waals surface area (Å²) in [6.45, 7) is 4.72. The van der Waals surface area contributed by atoms with Gasteiger partial charge in [0.1, 0.15) is 43.7 Å². The van der Waals surface area contributed by atoms with Gasteiger partial charge in [-0.1, -0.05) is 0 Å². The highest BCUT2D eigenvalue weighted by Crippen LogP contribution is 2.33. The van der Waals surface area contributed by atoms with Crippen LogP contribution in [0.25, 0.3) is 0 Å². The van der Waals surface area contributed by atoms with Crippen molar-refractivity contribution in [1.82, 2.24) is 5.01 Å². The molecule has 2 N–H and O–H groups in total. The largest absolute Gasteiger partial charge is 0.497 e. The Bertz CT molecular complexity index is 824. The molecule has 148 valence electrons. The minimum absolute atomic E-state index is 0.0551. The topological polar surface area (TPSA) is 63.9 Å². The maximum atomic E-state index is 13.1. The van der Waals surface area contributed by atoms with Crippen molar-refractivity contribution in [1.29, 1.82) is 0 Å². The number of quaternary nitrogens is 2. The van der Waals surface area contributed by atoms with Crippen molar-refractivity contribution in [2.75, 3.05) is 46.9 Å². The molecule has 2 aliphatic heterocycles. The third-order valence-corrected chi connectivity index (χ3v) is 5.67.